The molecule has 3 aromatic rings. The second-order valence-electron chi connectivity index (χ2n) is 5.89. The Balaban J connectivity index is 1.57. The van der Waals surface area contributed by atoms with Gasteiger partial charge in [0.25, 0.3) is 0 Å². The minimum Gasteiger partial charge on any atom is -0.489 e. The van der Waals surface area contributed by atoms with E-state index in [4.69, 9.17) is 4.74 Å². The smallest absolute Gasteiger partial charge is 0.435 e. The van der Waals surface area contributed by atoms with Crippen LogP contribution in [0.25, 0.3) is 0 Å². The van der Waals surface area contributed by atoms with E-state index in [-0.39, 0.29) is 19.0 Å². The van der Waals surface area contributed by atoms with Crippen molar-refractivity contribution in [2.75, 3.05) is 5.32 Å². The van der Waals surface area contributed by atoms with Crippen LogP contribution in [0.4, 0.5) is 23.2 Å². The van der Waals surface area contributed by atoms with Gasteiger partial charge in [0.2, 0.25) is 5.91 Å². The van der Waals surface area contributed by atoms with Gasteiger partial charge in [0, 0.05) is 18.0 Å². The van der Waals surface area contributed by atoms with Crippen LogP contribution in [-0.4, -0.2) is 15.7 Å². The summed E-state index contributed by atoms with van der Waals surface area (Å²) in [5.41, 5.74) is -0.00780. The molecule has 0 bridgehead atoms. The summed E-state index contributed by atoms with van der Waals surface area (Å²) in [6.07, 6.45) is -3.48. The lowest BCUT2D eigenvalue weighted by Crippen LogP contribution is -2.19. The van der Waals surface area contributed by atoms with Gasteiger partial charge in [-0.15, -0.1) is 0 Å². The first-order valence-electron chi connectivity index (χ1n) is 8.17. The Hall–Kier alpha value is -3.36. The molecule has 5 nitrogen and oxygen atoms in total. The predicted molar refractivity (Wildman–Crippen MR) is 93.0 cm³/mol. The molecule has 0 aliphatic rings. The maximum Gasteiger partial charge on any atom is 0.435 e. The largest absolute Gasteiger partial charge is 0.489 e. The summed E-state index contributed by atoms with van der Waals surface area (Å²) in [6, 6.07) is 13.2. The van der Waals surface area contributed by atoms with Crippen molar-refractivity contribution in [3.63, 3.8) is 0 Å². The van der Waals surface area contributed by atoms with Gasteiger partial charge in [0.1, 0.15) is 24.7 Å². The zero-order valence-corrected chi connectivity index (χ0v) is 14.4. The number of hydrogen-bond donors (Lipinski definition) is 1. The SMILES string of the molecule is O=C(Cn1ccc(C(F)(F)F)n1)Nc1cccc(OCc2cccc(F)c2)c1. The number of benzene rings is 2. The average molecular weight is 393 g/mol. The lowest BCUT2D eigenvalue weighted by atomic mass is 10.2. The van der Waals surface area contributed by atoms with Crippen molar-refractivity contribution in [2.24, 2.45) is 0 Å². The molecule has 0 aliphatic carbocycles. The molecule has 2 aromatic carbocycles. The summed E-state index contributed by atoms with van der Waals surface area (Å²) < 4.78 is 57.3. The molecule has 0 radical (unpaired) electrons. The third-order valence-electron chi connectivity index (χ3n) is 3.65. The second kappa shape index (κ2) is 8.12. The molecule has 9 heteroatoms. The Morgan fingerprint density at radius 3 is 2.61 bits per heavy atom. The topological polar surface area (TPSA) is 56.2 Å². The Morgan fingerprint density at radius 2 is 1.89 bits per heavy atom. The highest BCUT2D eigenvalue weighted by molar-refractivity contribution is 5.90. The summed E-state index contributed by atoms with van der Waals surface area (Å²) >= 11 is 0. The maximum atomic E-state index is 13.2. The van der Waals surface area contributed by atoms with E-state index in [0.717, 1.165) is 16.9 Å². The van der Waals surface area contributed by atoms with Gasteiger partial charge >= 0.3 is 6.18 Å². The molecule has 0 fully saturated rings. The van der Waals surface area contributed by atoms with Crippen molar-refractivity contribution in [2.45, 2.75) is 19.3 Å². The molecule has 1 heterocycles. The first-order valence-corrected chi connectivity index (χ1v) is 8.17. The number of nitrogens with one attached hydrogen (secondary N) is 1. The van der Waals surface area contributed by atoms with Crippen LogP contribution < -0.4 is 10.1 Å². The van der Waals surface area contributed by atoms with Crippen LogP contribution in [0.2, 0.25) is 0 Å². The fraction of sp³-hybridized carbons (Fsp3) is 0.158. The Kier molecular flexibility index (Phi) is 5.62. The standard InChI is InChI=1S/C19H15F4N3O2/c20-14-4-1-3-13(9-14)12-28-16-6-2-5-15(10-16)24-18(27)11-26-8-7-17(25-26)19(21,22)23/h1-10H,11-12H2,(H,24,27). The Labute approximate surface area is 157 Å². The number of carbonyl (C=O) groups excluding carboxylic acids is 1. The molecule has 1 N–H and O–H groups in total. The number of halogens is 4. The molecule has 0 spiro atoms. The number of ether oxygens (including phenoxy) is 1. The van der Waals surface area contributed by atoms with Crippen molar-refractivity contribution in [1.82, 2.24) is 9.78 Å². The van der Waals surface area contributed by atoms with Crippen LogP contribution in [0.1, 0.15) is 11.3 Å². The van der Waals surface area contributed by atoms with Gasteiger partial charge in [0.05, 0.1) is 0 Å². The molecule has 146 valence electrons. The quantitative estimate of drug-likeness (QED) is 0.637. The van der Waals surface area contributed by atoms with Gasteiger partial charge < -0.3 is 10.1 Å². The molecule has 0 aliphatic heterocycles. The number of rotatable bonds is 6. The van der Waals surface area contributed by atoms with Gasteiger partial charge in [-0.3, -0.25) is 9.48 Å². The second-order valence-corrected chi connectivity index (χ2v) is 5.89. The van der Waals surface area contributed by atoms with E-state index in [1.54, 1.807) is 36.4 Å². The summed E-state index contributed by atoms with van der Waals surface area (Å²) in [5, 5.41) is 5.89. The third-order valence-corrected chi connectivity index (χ3v) is 3.65. The normalized spacial score (nSPS) is 11.3. The zero-order valence-electron chi connectivity index (χ0n) is 14.4. The van der Waals surface area contributed by atoms with E-state index in [9.17, 15) is 22.4 Å². The molecule has 0 saturated heterocycles. The molecule has 0 saturated carbocycles. The highest BCUT2D eigenvalue weighted by Crippen LogP contribution is 2.27. The van der Waals surface area contributed by atoms with Crippen molar-refractivity contribution >= 4 is 11.6 Å². The maximum absolute atomic E-state index is 13.2. The summed E-state index contributed by atoms with van der Waals surface area (Å²) in [4.78, 5) is 12.0. The first kappa shape index (κ1) is 19.4. The molecule has 0 atom stereocenters. The number of amides is 1. The van der Waals surface area contributed by atoms with Crippen LogP contribution >= 0.6 is 0 Å². The molecule has 0 unspecified atom stereocenters. The van der Waals surface area contributed by atoms with Crippen LogP contribution in [0, 0.1) is 5.82 Å². The van der Waals surface area contributed by atoms with Crippen LogP contribution in [0.15, 0.2) is 60.8 Å². The van der Waals surface area contributed by atoms with Crippen LogP contribution in [-0.2, 0) is 24.1 Å². The summed E-state index contributed by atoms with van der Waals surface area (Å²) in [5.74, 6) is -0.464. The van der Waals surface area contributed by atoms with Gasteiger partial charge in [-0.2, -0.15) is 18.3 Å². The van der Waals surface area contributed by atoms with Crippen molar-refractivity contribution < 1.29 is 27.1 Å². The van der Waals surface area contributed by atoms with E-state index in [0.29, 0.717) is 17.0 Å². The van der Waals surface area contributed by atoms with Crippen molar-refractivity contribution in [3.8, 4) is 5.75 Å². The van der Waals surface area contributed by atoms with Crippen LogP contribution in [0.3, 0.4) is 0 Å². The first-order chi connectivity index (χ1) is 13.3. The molecular formula is C19H15F4N3O2. The third kappa shape index (κ3) is 5.32. The Morgan fingerprint density at radius 1 is 1.11 bits per heavy atom. The number of anilines is 1. The molecule has 3 rings (SSSR count). The number of alkyl halides is 3. The predicted octanol–water partition coefficient (Wildman–Crippen LogP) is 4.26. The fourth-order valence-electron chi connectivity index (χ4n) is 2.41. The summed E-state index contributed by atoms with van der Waals surface area (Å²) in [6.45, 7) is -0.229. The molecular weight excluding hydrogens is 378 g/mol. The monoisotopic (exact) mass is 393 g/mol. The van der Waals surface area contributed by atoms with Gasteiger partial charge in [-0.1, -0.05) is 18.2 Å². The van der Waals surface area contributed by atoms with E-state index in [1.807, 2.05) is 0 Å². The van der Waals surface area contributed by atoms with E-state index >= 15 is 0 Å². The minimum absolute atomic E-state index is 0.142. The zero-order chi connectivity index (χ0) is 20.1. The number of aromatic nitrogens is 2. The highest BCUT2D eigenvalue weighted by Gasteiger charge is 2.33. The van der Waals surface area contributed by atoms with Crippen LogP contribution in [0.5, 0.6) is 5.75 Å². The molecule has 1 aromatic heterocycles. The number of carbonyl (C=O) groups is 1. The van der Waals surface area contributed by atoms with Crippen molar-refractivity contribution in [3.05, 3.63) is 77.9 Å². The lowest BCUT2D eigenvalue weighted by molar-refractivity contribution is -0.141. The van der Waals surface area contributed by atoms with E-state index in [2.05, 4.69) is 10.4 Å². The average Bonchev–Trinajstić information content (AvgIpc) is 3.09. The number of nitrogens with zero attached hydrogens (tertiary/aromatic N) is 2. The van der Waals surface area contributed by atoms with E-state index in [1.165, 1.54) is 12.1 Å². The highest BCUT2D eigenvalue weighted by atomic mass is 19.4. The molecule has 28 heavy (non-hydrogen) atoms. The Bertz CT molecular complexity index is 970. The fourth-order valence-corrected chi connectivity index (χ4v) is 2.41. The number of hydrogen-bond acceptors (Lipinski definition) is 3. The summed E-state index contributed by atoms with van der Waals surface area (Å²) in [7, 11) is 0. The van der Waals surface area contributed by atoms with Crippen molar-refractivity contribution in [1.29, 1.82) is 0 Å². The molecule has 1 amide bonds. The minimum atomic E-state index is -4.56. The van der Waals surface area contributed by atoms with Gasteiger partial charge in [-0.25, -0.2) is 4.39 Å². The lowest BCUT2D eigenvalue weighted by Gasteiger charge is -2.10. The van der Waals surface area contributed by atoms with Gasteiger partial charge in [0.15, 0.2) is 5.69 Å². The van der Waals surface area contributed by atoms with Gasteiger partial charge in [-0.05, 0) is 35.9 Å². The van der Waals surface area contributed by atoms with E-state index < -0.39 is 17.8 Å².